The minimum atomic E-state index is 0.120. The number of rotatable bonds is 4. The Labute approximate surface area is 114 Å². The monoisotopic (exact) mass is 259 g/mol. The fourth-order valence-electron chi connectivity index (χ4n) is 2.64. The maximum atomic E-state index is 11.8. The van der Waals surface area contributed by atoms with Crippen LogP contribution in [0, 0.1) is 6.92 Å². The Morgan fingerprint density at radius 3 is 2.47 bits per heavy atom. The maximum Gasteiger partial charge on any atom is 0.222 e. The summed E-state index contributed by atoms with van der Waals surface area (Å²) in [6.45, 7) is 3.73. The highest BCUT2D eigenvalue weighted by atomic mass is 16.2. The maximum absolute atomic E-state index is 11.8. The summed E-state index contributed by atoms with van der Waals surface area (Å²) >= 11 is 0. The minimum absolute atomic E-state index is 0.120. The molecule has 1 saturated heterocycles. The summed E-state index contributed by atoms with van der Waals surface area (Å²) in [4.78, 5) is 24.0. The molecule has 102 valence electrons. The van der Waals surface area contributed by atoms with E-state index in [2.05, 4.69) is 31.2 Å². The van der Waals surface area contributed by atoms with Gasteiger partial charge < -0.3 is 9.69 Å². The summed E-state index contributed by atoms with van der Waals surface area (Å²) in [7, 11) is 0. The van der Waals surface area contributed by atoms with Crippen LogP contribution in [-0.2, 0) is 9.59 Å². The van der Waals surface area contributed by atoms with Crippen LogP contribution in [0.25, 0.3) is 0 Å². The molecule has 3 nitrogen and oxygen atoms in total. The summed E-state index contributed by atoms with van der Waals surface area (Å²) < 4.78 is 0. The van der Waals surface area contributed by atoms with Crippen molar-refractivity contribution in [1.29, 1.82) is 0 Å². The molecule has 0 unspecified atom stereocenters. The van der Waals surface area contributed by atoms with Crippen LogP contribution < -0.4 is 0 Å². The Morgan fingerprint density at radius 2 is 1.89 bits per heavy atom. The van der Waals surface area contributed by atoms with Crippen molar-refractivity contribution < 1.29 is 9.59 Å². The molecule has 0 bridgehead atoms. The Kier molecular flexibility index (Phi) is 4.72. The Hall–Kier alpha value is -1.64. The first-order valence-corrected chi connectivity index (χ1v) is 6.98. The van der Waals surface area contributed by atoms with E-state index in [-0.39, 0.29) is 5.91 Å². The minimum Gasteiger partial charge on any atom is -0.343 e. The van der Waals surface area contributed by atoms with Gasteiger partial charge in [0.05, 0.1) is 0 Å². The fraction of sp³-hybridized carbons (Fsp3) is 0.500. The van der Waals surface area contributed by atoms with Crippen LogP contribution in [0.15, 0.2) is 24.3 Å². The standard InChI is InChI=1S/C16H21NO2/c1-13-4-6-14(7-5-13)15-8-10-17(11-9-15)16(19)3-2-12-18/h4-7,12,15H,2-3,8-11H2,1H3. The highest BCUT2D eigenvalue weighted by Crippen LogP contribution is 2.28. The van der Waals surface area contributed by atoms with Crippen molar-refractivity contribution in [3.8, 4) is 0 Å². The van der Waals surface area contributed by atoms with Crippen LogP contribution in [-0.4, -0.2) is 30.2 Å². The van der Waals surface area contributed by atoms with Crippen LogP contribution in [0.4, 0.5) is 0 Å². The molecule has 2 rings (SSSR count). The van der Waals surface area contributed by atoms with Crippen molar-refractivity contribution in [3.63, 3.8) is 0 Å². The van der Waals surface area contributed by atoms with E-state index < -0.39 is 0 Å². The topological polar surface area (TPSA) is 37.4 Å². The van der Waals surface area contributed by atoms with Crippen LogP contribution in [0.5, 0.6) is 0 Å². The molecule has 1 aliphatic rings. The number of amides is 1. The zero-order chi connectivity index (χ0) is 13.7. The van der Waals surface area contributed by atoms with E-state index in [1.165, 1.54) is 11.1 Å². The van der Waals surface area contributed by atoms with Crippen LogP contribution in [0.3, 0.4) is 0 Å². The first-order valence-electron chi connectivity index (χ1n) is 6.98. The molecule has 0 aromatic heterocycles. The zero-order valence-corrected chi connectivity index (χ0v) is 11.5. The van der Waals surface area contributed by atoms with Gasteiger partial charge in [-0.05, 0) is 31.2 Å². The van der Waals surface area contributed by atoms with Gasteiger partial charge in [0.1, 0.15) is 6.29 Å². The van der Waals surface area contributed by atoms with Gasteiger partial charge >= 0.3 is 0 Å². The van der Waals surface area contributed by atoms with Crippen molar-refractivity contribution in [3.05, 3.63) is 35.4 Å². The lowest BCUT2D eigenvalue weighted by Crippen LogP contribution is -2.37. The van der Waals surface area contributed by atoms with Crippen LogP contribution >= 0.6 is 0 Å². The SMILES string of the molecule is Cc1ccc(C2CCN(C(=O)CCC=O)CC2)cc1. The van der Waals surface area contributed by atoms with E-state index in [1.807, 2.05) is 4.90 Å². The molecular formula is C16H21NO2. The van der Waals surface area contributed by atoms with E-state index in [9.17, 15) is 9.59 Å². The lowest BCUT2D eigenvalue weighted by molar-refractivity contribution is -0.133. The van der Waals surface area contributed by atoms with Gasteiger partial charge in [-0.2, -0.15) is 0 Å². The molecule has 0 saturated carbocycles. The normalized spacial score (nSPS) is 16.4. The van der Waals surface area contributed by atoms with Gasteiger partial charge in [-0.1, -0.05) is 29.8 Å². The molecule has 1 amide bonds. The number of benzene rings is 1. The summed E-state index contributed by atoms with van der Waals surface area (Å²) in [5.41, 5.74) is 2.66. The van der Waals surface area contributed by atoms with Crippen molar-refractivity contribution >= 4 is 12.2 Å². The number of aldehydes is 1. The smallest absolute Gasteiger partial charge is 0.222 e. The number of hydrogen-bond acceptors (Lipinski definition) is 2. The van der Waals surface area contributed by atoms with Crippen LogP contribution in [0.2, 0.25) is 0 Å². The second kappa shape index (κ2) is 6.50. The third-order valence-corrected chi connectivity index (χ3v) is 3.87. The van der Waals surface area contributed by atoms with Gasteiger partial charge in [-0.25, -0.2) is 0 Å². The number of aryl methyl sites for hydroxylation is 1. The van der Waals surface area contributed by atoms with E-state index in [1.54, 1.807) is 0 Å². The molecule has 3 heteroatoms. The Balaban J connectivity index is 1.86. The summed E-state index contributed by atoms with van der Waals surface area (Å²) in [6, 6.07) is 8.70. The highest BCUT2D eigenvalue weighted by molar-refractivity contribution is 5.78. The molecule has 1 fully saturated rings. The van der Waals surface area contributed by atoms with Crippen molar-refractivity contribution in [2.75, 3.05) is 13.1 Å². The number of likely N-dealkylation sites (tertiary alicyclic amines) is 1. The molecular weight excluding hydrogens is 238 g/mol. The van der Waals surface area contributed by atoms with Gasteiger partial charge in [0.25, 0.3) is 0 Å². The Morgan fingerprint density at radius 1 is 1.26 bits per heavy atom. The summed E-state index contributed by atoms with van der Waals surface area (Å²) in [6.07, 6.45) is 3.57. The fourth-order valence-corrected chi connectivity index (χ4v) is 2.64. The quantitative estimate of drug-likeness (QED) is 0.780. The molecule has 0 aliphatic carbocycles. The molecule has 0 atom stereocenters. The van der Waals surface area contributed by atoms with Gasteiger partial charge in [-0.15, -0.1) is 0 Å². The lowest BCUT2D eigenvalue weighted by atomic mass is 9.89. The number of carbonyl (C=O) groups is 2. The number of hydrogen-bond donors (Lipinski definition) is 0. The van der Waals surface area contributed by atoms with Gasteiger partial charge in [0, 0.05) is 25.9 Å². The predicted octanol–water partition coefficient (Wildman–Crippen LogP) is 2.68. The molecule has 0 spiro atoms. The molecule has 19 heavy (non-hydrogen) atoms. The van der Waals surface area contributed by atoms with Gasteiger partial charge in [0.15, 0.2) is 0 Å². The van der Waals surface area contributed by atoms with Crippen molar-refractivity contribution in [2.45, 2.75) is 38.5 Å². The Bertz CT molecular complexity index is 431. The molecule has 0 N–H and O–H groups in total. The van der Waals surface area contributed by atoms with Crippen molar-refractivity contribution in [1.82, 2.24) is 4.90 Å². The zero-order valence-electron chi connectivity index (χ0n) is 11.5. The van der Waals surface area contributed by atoms with E-state index in [0.29, 0.717) is 18.8 Å². The lowest BCUT2D eigenvalue weighted by Gasteiger charge is -2.32. The molecule has 1 aromatic carbocycles. The number of carbonyl (C=O) groups excluding carboxylic acids is 2. The van der Waals surface area contributed by atoms with Crippen LogP contribution in [0.1, 0.15) is 42.7 Å². The summed E-state index contributed by atoms with van der Waals surface area (Å²) in [5, 5.41) is 0. The molecule has 1 heterocycles. The summed E-state index contributed by atoms with van der Waals surface area (Å²) in [5.74, 6) is 0.685. The van der Waals surface area contributed by atoms with E-state index in [4.69, 9.17) is 0 Å². The van der Waals surface area contributed by atoms with E-state index >= 15 is 0 Å². The average molecular weight is 259 g/mol. The molecule has 0 radical (unpaired) electrons. The van der Waals surface area contributed by atoms with Gasteiger partial charge in [-0.3, -0.25) is 4.79 Å². The molecule has 1 aromatic rings. The van der Waals surface area contributed by atoms with E-state index in [0.717, 1.165) is 32.2 Å². The van der Waals surface area contributed by atoms with Crippen molar-refractivity contribution in [2.24, 2.45) is 0 Å². The first-order chi connectivity index (χ1) is 9.20. The highest BCUT2D eigenvalue weighted by Gasteiger charge is 2.23. The second-order valence-corrected chi connectivity index (χ2v) is 5.27. The first kappa shape index (κ1) is 13.8. The number of nitrogens with zero attached hydrogens (tertiary/aromatic N) is 1. The largest absolute Gasteiger partial charge is 0.343 e. The second-order valence-electron chi connectivity index (χ2n) is 5.27. The average Bonchev–Trinajstić information content (AvgIpc) is 2.46. The number of piperidine rings is 1. The predicted molar refractivity (Wildman–Crippen MR) is 75.0 cm³/mol. The van der Waals surface area contributed by atoms with Gasteiger partial charge in [0.2, 0.25) is 5.91 Å². The third-order valence-electron chi connectivity index (χ3n) is 3.87. The molecule has 1 aliphatic heterocycles. The third kappa shape index (κ3) is 3.66.